The molecule has 0 saturated carbocycles. The first-order valence-electron chi connectivity index (χ1n) is 10.5. The van der Waals surface area contributed by atoms with Gasteiger partial charge in [0.1, 0.15) is 5.75 Å². The summed E-state index contributed by atoms with van der Waals surface area (Å²) in [5.41, 5.74) is 4.52. The summed E-state index contributed by atoms with van der Waals surface area (Å²) >= 11 is 0. The number of carbonyl (C=O) groups excluding carboxylic acids is 1. The van der Waals surface area contributed by atoms with Gasteiger partial charge in [0.25, 0.3) is 15.9 Å². The van der Waals surface area contributed by atoms with Crippen molar-refractivity contribution >= 4 is 38.1 Å². The van der Waals surface area contributed by atoms with E-state index in [4.69, 9.17) is 4.74 Å². The predicted octanol–water partition coefficient (Wildman–Crippen LogP) is 4.80. The Bertz CT molecular complexity index is 1490. The SMILES string of the molecule is COc1ccccc1NS(=O)(=O)c1cccc(C(=O)NN=C(C)c2cccc3ccccc23)c1. The van der Waals surface area contributed by atoms with E-state index in [1.54, 1.807) is 31.2 Å². The van der Waals surface area contributed by atoms with Crippen LogP contribution in [0, 0.1) is 0 Å². The smallest absolute Gasteiger partial charge is 0.271 e. The standard InChI is InChI=1S/C26H23N3O4S/c1-18(22-14-8-10-19-9-3-4-13-23(19)22)27-28-26(30)20-11-7-12-21(17-20)34(31,32)29-24-15-5-6-16-25(24)33-2/h3-17,29H,1-2H3,(H,28,30). The van der Waals surface area contributed by atoms with Crippen molar-refractivity contribution in [2.45, 2.75) is 11.8 Å². The van der Waals surface area contributed by atoms with E-state index in [-0.39, 0.29) is 10.5 Å². The van der Waals surface area contributed by atoms with E-state index in [0.29, 0.717) is 17.1 Å². The lowest BCUT2D eigenvalue weighted by molar-refractivity contribution is 0.0954. The van der Waals surface area contributed by atoms with Gasteiger partial charge in [-0.25, -0.2) is 13.8 Å². The number of hydrogen-bond donors (Lipinski definition) is 2. The first-order valence-corrected chi connectivity index (χ1v) is 12.0. The third kappa shape index (κ3) is 4.92. The number of para-hydroxylation sites is 2. The van der Waals surface area contributed by atoms with Gasteiger partial charge >= 0.3 is 0 Å². The maximum Gasteiger partial charge on any atom is 0.271 e. The lowest BCUT2D eigenvalue weighted by Crippen LogP contribution is -2.20. The Morgan fingerprint density at radius 1 is 0.882 bits per heavy atom. The van der Waals surface area contributed by atoms with Gasteiger partial charge in [-0.1, -0.05) is 60.7 Å². The second-order valence-electron chi connectivity index (χ2n) is 7.50. The summed E-state index contributed by atoms with van der Waals surface area (Å²) in [7, 11) is -2.49. The van der Waals surface area contributed by atoms with Crippen LogP contribution in [0.4, 0.5) is 5.69 Å². The van der Waals surface area contributed by atoms with E-state index in [2.05, 4.69) is 15.2 Å². The van der Waals surface area contributed by atoms with Crippen molar-refractivity contribution in [1.29, 1.82) is 0 Å². The van der Waals surface area contributed by atoms with Crippen LogP contribution in [-0.2, 0) is 10.0 Å². The summed E-state index contributed by atoms with van der Waals surface area (Å²) in [5, 5.41) is 6.33. The first-order chi connectivity index (χ1) is 16.4. The van der Waals surface area contributed by atoms with Crippen molar-refractivity contribution in [3.05, 3.63) is 102 Å². The number of hydrazone groups is 1. The Balaban J connectivity index is 1.55. The number of rotatable bonds is 7. The van der Waals surface area contributed by atoms with Gasteiger partial charge in [0.2, 0.25) is 0 Å². The molecule has 4 aromatic rings. The normalized spacial score (nSPS) is 11.8. The Hall–Kier alpha value is -4.17. The highest BCUT2D eigenvalue weighted by molar-refractivity contribution is 7.92. The lowest BCUT2D eigenvalue weighted by atomic mass is 10.0. The molecule has 2 N–H and O–H groups in total. The number of nitrogens with one attached hydrogen (secondary N) is 2. The predicted molar refractivity (Wildman–Crippen MR) is 134 cm³/mol. The fourth-order valence-electron chi connectivity index (χ4n) is 3.54. The van der Waals surface area contributed by atoms with Crippen LogP contribution in [0.5, 0.6) is 5.75 Å². The van der Waals surface area contributed by atoms with Crippen molar-refractivity contribution in [3.63, 3.8) is 0 Å². The van der Waals surface area contributed by atoms with Crippen molar-refractivity contribution in [2.75, 3.05) is 11.8 Å². The third-order valence-electron chi connectivity index (χ3n) is 5.26. The zero-order chi connectivity index (χ0) is 24.1. The maximum absolute atomic E-state index is 12.9. The Labute approximate surface area is 198 Å². The van der Waals surface area contributed by atoms with Gasteiger partial charge < -0.3 is 4.74 Å². The highest BCUT2D eigenvalue weighted by Crippen LogP contribution is 2.26. The van der Waals surface area contributed by atoms with Crippen LogP contribution in [0.2, 0.25) is 0 Å². The molecule has 0 atom stereocenters. The zero-order valence-electron chi connectivity index (χ0n) is 18.6. The monoisotopic (exact) mass is 473 g/mol. The number of methoxy groups -OCH3 is 1. The molecule has 0 radical (unpaired) electrons. The van der Waals surface area contributed by atoms with E-state index in [0.717, 1.165) is 16.3 Å². The summed E-state index contributed by atoms with van der Waals surface area (Å²) in [6.45, 7) is 1.81. The number of sulfonamides is 1. The van der Waals surface area contributed by atoms with Crippen LogP contribution in [0.3, 0.4) is 0 Å². The van der Waals surface area contributed by atoms with Gasteiger partial charge in [-0.15, -0.1) is 0 Å². The van der Waals surface area contributed by atoms with E-state index >= 15 is 0 Å². The van der Waals surface area contributed by atoms with Crippen LogP contribution < -0.4 is 14.9 Å². The Morgan fingerprint density at radius 2 is 1.59 bits per heavy atom. The van der Waals surface area contributed by atoms with Gasteiger partial charge in [0.05, 0.1) is 23.4 Å². The van der Waals surface area contributed by atoms with Crippen molar-refractivity contribution in [3.8, 4) is 5.75 Å². The summed E-state index contributed by atoms with van der Waals surface area (Å²) in [6, 6.07) is 26.2. The third-order valence-corrected chi connectivity index (χ3v) is 6.63. The minimum atomic E-state index is -3.95. The molecule has 0 spiro atoms. The molecule has 0 aliphatic carbocycles. The minimum Gasteiger partial charge on any atom is -0.495 e. The van der Waals surface area contributed by atoms with Gasteiger partial charge in [-0.3, -0.25) is 9.52 Å². The number of amides is 1. The fourth-order valence-corrected chi connectivity index (χ4v) is 4.65. The number of anilines is 1. The number of benzene rings is 4. The average Bonchev–Trinajstić information content (AvgIpc) is 2.87. The second kappa shape index (κ2) is 9.76. The summed E-state index contributed by atoms with van der Waals surface area (Å²) in [4.78, 5) is 12.7. The van der Waals surface area contributed by atoms with Crippen LogP contribution in [0.25, 0.3) is 10.8 Å². The molecular weight excluding hydrogens is 450 g/mol. The van der Waals surface area contributed by atoms with Crippen LogP contribution in [-0.4, -0.2) is 27.1 Å². The maximum atomic E-state index is 12.9. The molecule has 0 aromatic heterocycles. The lowest BCUT2D eigenvalue weighted by Gasteiger charge is -2.12. The number of hydrogen-bond acceptors (Lipinski definition) is 5. The topological polar surface area (TPSA) is 96.9 Å². The number of nitrogens with zero attached hydrogens (tertiary/aromatic N) is 1. The molecule has 0 aliphatic heterocycles. The van der Waals surface area contributed by atoms with Gasteiger partial charge in [0, 0.05) is 11.1 Å². The molecule has 0 aliphatic rings. The van der Waals surface area contributed by atoms with Gasteiger partial charge in [0.15, 0.2) is 0 Å². The molecule has 1 amide bonds. The largest absolute Gasteiger partial charge is 0.495 e. The molecule has 0 unspecified atom stereocenters. The van der Waals surface area contributed by atoms with Gasteiger partial charge in [-0.05, 0) is 48.0 Å². The molecule has 7 nitrogen and oxygen atoms in total. The number of ether oxygens (including phenoxy) is 1. The van der Waals surface area contributed by atoms with Crippen molar-refractivity contribution in [2.24, 2.45) is 5.10 Å². The fraction of sp³-hybridized carbons (Fsp3) is 0.0769. The Kier molecular flexibility index (Phi) is 6.60. The summed E-state index contributed by atoms with van der Waals surface area (Å²) in [6.07, 6.45) is 0. The highest BCUT2D eigenvalue weighted by Gasteiger charge is 2.18. The Morgan fingerprint density at radius 3 is 2.41 bits per heavy atom. The molecule has 172 valence electrons. The van der Waals surface area contributed by atoms with E-state index in [1.807, 2.05) is 42.5 Å². The van der Waals surface area contributed by atoms with E-state index < -0.39 is 15.9 Å². The van der Waals surface area contributed by atoms with E-state index in [9.17, 15) is 13.2 Å². The van der Waals surface area contributed by atoms with Crippen LogP contribution in [0.15, 0.2) is 101 Å². The summed E-state index contributed by atoms with van der Waals surface area (Å²) in [5.74, 6) is -0.132. The first kappa shape index (κ1) is 23.0. The quantitative estimate of drug-likeness (QED) is 0.298. The molecule has 0 saturated heterocycles. The molecule has 0 fully saturated rings. The number of carbonyl (C=O) groups is 1. The molecule has 0 bridgehead atoms. The van der Waals surface area contributed by atoms with E-state index in [1.165, 1.54) is 31.4 Å². The summed E-state index contributed by atoms with van der Waals surface area (Å²) < 4.78 is 33.5. The minimum absolute atomic E-state index is 0.0548. The van der Waals surface area contributed by atoms with Crippen LogP contribution >= 0.6 is 0 Å². The molecule has 34 heavy (non-hydrogen) atoms. The molecular formula is C26H23N3O4S. The average molecular weight is 474 g/mol. The van der Waals surface area contributed by atoms with Gasteiger partial charge in [-0.2, -0.15) is 5.10 Å². The van der Waals surface area contributed by atoms with Crippen LogP contribution in [0.1, 0.15) is 22.8 Å². The molecule has 4 rings (SSSR count). The number of fused-ring (bicyclic) bond motifs is 1. The molecule has 4 aromatic carbocycles. The second-order valence-corrected chi connectivity index (χ2v) is 9.18. The van der Waals surface area contributed by atoms with Crippen molar-refractivity contribution in [1.82, 2.24) is 5.43 Å². The molecule has 0 heterocycles. The highest BCUT2D eigenvalue weighted by atomic mass is 32.2. The molecule has 8 heteroatoms. The zero-order valence-corrected chi connectivity index (χ0v) is 19.5. The van der Waals surface area contributed by atoms with Crippen molar-refractivity contribution < 1.29 is 17.9 Å².